The standard InChI is InChI=1S/C15H29N/c1-2-7-15-10-5-6-12-16(15)13-11-14-8-3-4-9-14/h14-15H,2-13H2,1H3. The summed E-state index contributed by atoms with van der Waals surface area (Å²) in [5.74, 6) is 1.07. The van der Waals surface area contributed by atoms with E-state index >= 15 is 0 Å². The lowest BCUT2D eigenvalue weighted by molar-refractivity contribution is 0.131. The molecule has 0 radical (unpaired) electrons. The molecular weight excluding hydrogens is 194 g/mol. The second kappa shape index (κ2) is 6.64. The van der Waals surface area contributed by atoms with Crippen LogP contribution in [0.1, 0.15) is 71.1 Å². The Balaban J connectivity index is 1.72. The zero-order chi connectivity index (χ0) is 11.2. The molecule has 16 heavy (non-hydrogen) atoms. The van der Waals surface area contributed by atoms with E-state index in [2.05, 4.69) is 11.8 Å². The Bertz CT molecular complexity index is 182. The first-order valence-electron chi connectivity index (χ1n) is 7.64. The van der Waals surface area contributed by atoms with Crippen LogP contribution in [0.5, 0.6) is 0 Å². The Morgan fingerprint density at radius 3 is 2.44 bits per heavy atom. The highest BCUT2D eigenvalue weighted by molar-refractivity contribution is 4.78. The molecular formula is C15H29N. The van der Waals surface area contributed by atoms with Gasteiger partial charge in [0, 0.05) is 6.04 Å². The van der Waals surface area contributed by atoms with E-state index in [9.17, 15) is 0 Å². The molecule has 1 nitrogen and oxygen atoms in total. The topological polar surface area (TPSA) is 3.24 Å². The molecule has 0 spiro atoms. The van der Waals surface area contributed by atoms with E-state index in [1.807, 2.05) is 0 Å². The highest BCUT2D eigenvalue weighted by Crippen LogP contribution is 2.29. The average Bonchev–Trinajstić information content (AvgIpc) is 2.81. The summed E-state index contributed by atoms with van der Waals surface area (Å²) in [6.07, 6.45) is 14.7. The largest absolute Gasteiger partial charge is 0.300 e. The summed E-state index contributed by atoms with van der Waals surface area (Å²) in [6.45, 7) is 5.12. The van der Waals surface area contributed by atoms with Crippen LogP contribution in [0.3, 0.4) is 0 Å². The molecule has 1 saturated heterocycles. The van der Waals surface area contributed by atoms with Crippen molar-refractivity contribution < 1.29 is 0 Å². The number of hydrogen-bond acceptors (Lipinski definition) is 1. The summed E-state index contributed by atoms with van der Waals surface area (Å²) >= 11 is 0. The van der Waals surface area contributed by atoms with Crippen molar-refractivity contribution in [3.05, 3.63) is 0 Å². The second-order valence-electron chi connectivity index (χ2n) is 5.91. The minimum Gasteiger partial charge on any atom is -0.300 e. The van der Waals surface area contributed by atoms with Crippen molar-refractivity contribution in [2.24, 2.45) is 5.92 Å². The van der Waals surface area contributed by atoms with Crippen LogP contribution < -0.4 is 0 Å². The first kappa shape index (κ1) is 12.4. The maximum absolute atomic E-state index is 2.81. The quantitative estimate of drug-likeness (QED) is 0.674. The number of rotatable bonds is 5. The van der Waals surface area contributed by atoms with Crippen molar-refractivity contribution in [2.45, 2.75) is 77.2 Å². The monoisotopic (exact) mass is 223 g/mol. The normalized spacial score (nSPS) is 28.7. The molecule has 0 aromatic heterocycles. The molecule has 2 aliphatic rings. The van der Waals surface area contributed by atoms with Crippen molar-refractivity contribution in [1.29, 1.82) is 0 Å². The molecule has 0 N–H and O–H groups in total. The van der Waals surface area contributed by atoms with Gasteiger partial charge in [-0.15, -0.1) is 0 Å². The lowest BCUT2D eigenvalue weighted by atomic mass is 9.96. The fourth-order valence-corrected chi connectivity index (χ4v) is 3.66. The van der Waals surface area contributed by atoms with E-state index in [0.717, 1.165) is 12.0 Å². The van der Waals surface area contributed by atoms with E-state index in [4.69, 9.17) is 0 Å². The van der Waals surface area contributed by atoms with Crippen LogP contribution in [0, 0.1) is 5.92 Å². The fraction of sp³-hybridized carbons (Fsp3) is 1.00. The minimum absolute atomic E-state index is 0.931. The van der Waals surface area contributed by atoms with E-state index in [-0.39, 0.29) is 0 Å². The van der Waals surface area contributed by atoms with E-state index in [1.54, 1.807) is 0 Å². The molecule has 1 aliphatic heterocycles. The van der Waals surface area contributed by atoms with Crippen LogP contribution in [0.15, 0.2) is 0 Å². The Morgan fingerprint density at radius 2 is 1.69 bits per heavy atom. The molecule has 0 aromatic carbocycles. The third-order valence-electron chi connectivity index (χ3n) is 4.67. The minimum atomic E-state index is 0.931. The third kappa shape index (κ3) is 3.48. The van der Waals surface area contributed by atoms with Gasteiger partial charge in [0.15, 0.2) is 0 Å². The van der Waals surface area contributed by atoms with Gasteiger partial charge in [-0.25, -0.2) is 0 Å². The van der Waals surface area contributed by atoms with Crippen molar-refractivity contribution in [1.82, 2.24) is 4.90 Å². The van der Waals surface area contributed by atoms with Crippen molar-refractivity contribution in [2.75, 3.05) is 13.1 Å². The number of piperidine rings is 1. The molecule has 94 valence electrons. The van der Waals surface area contributed by atoms with Crippen LogP contribution in [-0.4, -0.2) is 24.0 Å². The lowest BCUT2D eigenvalue weighted by Crippen LogP contribution is -2.40. The zero-order valence-corrected chi connectivity index (χ0v) is 11.1. The molecule has 0 bridgehead atoms. The summed E-state index contributed by atoms with van der Waals surface area (Å²) in [5.41, 5.74) is 0. The lowest BCUT2D eigenvalue weighted by Gasteiger charge is -2.36. The van der Waals surface area contributed by atoms with Crippen molar-refractivity contribution in [3.8, 4) is 0 Å². The van der Waals surface area contributed by atoms with Gasteiger partial charge in [-0.1, -0.05) is 45.4 Å². The Kier molecular flexibility index (Phi) is 5.15. The van der Waals surface area contributed by atoms with Gasteiger partial charge in [-0.3, -0.25) is 0 Å². The van der Waals surface area contributed by atoms with E-state index in [1.165, 1.54) is 77.3 Å². The number of nitrogens with zero attached hydrogens (tertiary/aromatic N) is 1. The maximum Gasteiger partial charge on any atom is 0.00951 e. The van der Waals surface area contributed by atoms with Crippen LogP contribution in [0.25, 0.3) is 0 Å². The van der Waals surface area contributed by atoms with Gasteiger partial charge in [-0.2, -0.15) is 0 Å². The molecule has 2 fully saturated rings. The highest BCUT2D eigenvalue weighted by Gasteiger charge is 2.23. The van der Waals surface area contributed by atoms with Gasteiger partial charge in [0.05, 0.1) is 0 Å². The number of likely N-dealkylation sites (tertiary alicyclic amines) is 1. The van der Waals surface area contributed by atoms with Crippen LogP contribution in [0.2, 0.25) is 0 Å². The van der Waals surface area contributed by atoms with Crippen molar-refractivity contribution in [3.63, 3.8) is 0 Å². The molecule has 1 heterocycles. The Hall–Kier alpha value is -0.0400. The first-order chi connectivity index (χ1) is 7.90. The predicted octanol–water partition coefficient (Wildman–Crippen LogP) is 4.22. The SMILES string of the molecule is CCCC1CCCCN1CCC1CCCC1. The second-order valence-corrected chi connectivity index (χ2v) is 5.91. The summed E-state index contributed by atoms with van der Waals surface area (Å²) in [5, 5.41) is 0. The molecule has 0 amide bonds. The predicted molar refractivity (Wildman–Crippen MR) is 70.7 cm³/mol. The van der Waals surface area contributed by atoms with Crippen molar-refractivity contribution >= 4 is 0 Å². The summed E-state index contributed by atoms with van der Waals surface area (Å²) in [7, 11) is 0. The average molecular weight is 223 g/mol. The fourth-order valence-electron chi connectivity index (χ4n) is 3.66. The molecule has 1 saturated carbocycles. The molecule has 1 unspecified atom stereocenters. The van der Waals surface area contributed by atoms with Gasteiger partial charge in [0.2, 0.25) is 0 Å². The van der Waals surface area contributed by atoms with Crippen LogP contribution in [0.4, 0.5) is 0 Å². The maximum atomic E-state index is 2.81. The Morgan fingerprint density at radius 1 is 0.938 bits per heavy atom. The van der Waals surface area contributed by atoms with Gasteiger partial charge in [0.25, 0.3) is 0 Å². The zero-order valence-electron chi connectivity index (χ0n) is 11.1. The molecule has 2 rings (SSSR count). The summed E-state index contributed by atoms with van der Waals surface area (Å²) in [6, 6.07) is 0.931. The van der Waals surface area contributed by atoms with E-state index in [0.29, 0.717) is 0 Å². The third-order valence-corrected chi connectivity index (χ3v) is 4.67. The Labute approximate surface area is 102 Å². The smallest absolute Gasteiger partial charge is 0.00951 e. The van der Waals surface area contributed by atoms with Gasteiger partial charge < -0.3 is 4.90 Å². The molecule has 1 atom stereocenters. The summed E-state index contributed by atoms with van der Waals surface area (Å²) in [4.78, 5) is 2.81. The molecule has 1 aliphatic carbocycles. The number of hydrogen-bond donors (Lipinski definition) is 0. The van der Waals surface area contributed by atoms with Crippen LogP contribution >= 0.6 is 0 Å². The summed E-state index contributed by atoms with van der Waals surface area (Å²) < 4.78 is 0. The highest BCUT2D eigenvalue weighted by atomic mass is 15.2. The van der Waals surface area contributed by atoms with E-state index < -0.39 is 0 Å². The van der Waals surface area contributed by atoms with Gasteiger partial charge in [-0.05, 0) is 44.7 Å². The van der Waals surface area contributed by atoms with Gasteiger partial charge in [0.1, 0.15) is 0 Å². The van der Waals surface area contributed by atoms with Crippen LogP contribution in [-0.2, 0) is 0 Å². The van der Waals surface area contributed by atoms with Gasteiger partial charge >= 0.3 is 0 Å². The molecule has 1 heteroatoms. The first-order valence-corrected chi connectivity index (χ1v) is 7.64. The molecule has 0 aromatic rings.